The maximum atomic E-state index is 13.7. The van der Waals surface area contributed by atoms with Crippen molar-refractivity contribution >= 4 is 57.1 Å². The maximum Gasteiger partial charge on any atom is 0.336 e. The summed E-state index contributed by atoms with van der Waals surface area (Å²) < 4.78 is 11.5. The van der Waals surface area contributed by atoms with Gasteiger partial charge in [0.2, 0.25) is 0 Å². The highest BCUT2D eigenvalue weighted by Crippen LogP contribution is 2.37. The van der Waals surface area contributed by atoms with Crippen LogP contribution in [-0.2, 0) is 9.47 Å². The second-order valence-corrected chi connectivity index (χ2v) is 13.8. The summed E-state index contributed by atoms with van der Waals surface area (Å²) in [7, 11) is 0. The smallest absolute Gasteiger partial charge is 0.336 e. The van der Waals surface area contributed by atoms with E-state index in [2.05, 4.69) is 10.6 Å². The van der Waals surface area contributed by atoms with Crippen LogP contribution in [0.2, 0.25) is 0 Å². The number of benzene rings is 4. The maximum absolute atomic E-state index is 13.7. The molecular formula is C36H36N2O14S. The number of aromatic carboxylic acids is 2. The van der Waals surface area contributed by atoms with E-state index in [4.69, 9.17) is 9.47 Å². The van der Waals surface area contributed by atoms with Crippen molar-refractivity contribution in [3.63, 3.8) is 0 Å². The summed E-state index contributed by atoms with van der Waals surface area (Å²) in [6, 6.07) is 15.4. The molecule has 0 aromatic heterocycles. The average Bonchev–Trinajstić information content (AvgIpc) is 3.15. The number of carboxylic acid groups (broad SMARTS) is 2. The first-order valence-corrected chi connectivity index (χ1v) is 17.3. The second kappa shape index (κ2) is 15.7. The van der Waals surface area contributed by atoms with Gasteiger partial charge in [0.1, 0.15) is 47.5 Å². The molecule has 4 aromatic rings. The normalized spacial score (nSPS) is 28.7. The molecule has 6 rings (SSSR count). The van der Waals surface area contributed by atoms with Gasteiger partial charge in [0, 0.05) is 0 Å². The predicted molar refractivity (Wildman–Crippen MR) is 187 cm³/mol. The number of nitrogens with one attached hydrogen (secondary N) is 2. The highest BCUT2D eigenvalue weighted by Gasteiger charge is 2.51. The predicted octanol–water partition coefficient (Wildman–Crippen LogP) is -0.102. The van der Waals surface area contributed by atoms with Crippen molar-refractivity contribution in [2.75, 3.05) is 13.2 Å². The summed E-state index contributed by atoms with van der Waals surface area (Å²) in [5.41, 5.74) is -4.13. The molecule has 2 amide bonds. The van der Waals surface area contributed by atoms with Crippen LogP contribution in [0.25, 0.3) is 21.5 Å². The van der Waals surface area contributed by atoms with Gasteiger partial charge in [0.25, 0.3) is 11.8 Å². The number of rotatable bonds is 10. The van der Waals surface area contributed by atoms with E-state index in [1.54, 1.807) is 36.4 Å². The fraction of sp³-hybridized carbons (Fsp3) is 0.333. The summed E-state index contributed by atoms with van der Waals surface area (Å²) in [4.78, 5) is 51.6. The summed E-state index contributed by atoms with van der Waals surface area (Å²) in [6.45, 7) is -1.60. The number of carboxylic acids is 2. The van der Waals surface area contributed by atoms with Crippen molar-refractivity contribution in [2.45, 2.75) is 59.6 Å². The minimum Gasteiger partial charge on any atom is -0.478 e. The molecule has 16 nitrogen and oxygen atoms in total. The molecular weight excluding hydrogens is 716 g/mol. The molecule has 0 saturated carbocycles. The Labute approximate surface area is 304 Å². The molecule has 17 heteroatoms. The van der Waals surface area contributed by atoms with E-state index in [1.807, 2.05) is 0 Å². The number of carbonyl (C=O) groups is 4. The zero-order valence-corrected chi connectivity index (χ0v) is 28.4. The third-order valence-electron chi connectivity index (χ3n) is 9.41. The summed E-state index contributed by atoms with van der Waals surface area (Å²) in [5.74, 6) is -4.72. The van der Waals surface area contributed by atoms with E-state index in [0.29, 0.717) is 22.5 Å². The van der Waals surface area contributed by atoms with Crippen molar-refractivity contribution in [1.82, 2.24) is 10.6 Å². The number of thioether (sulfide) groups is 1. The highest BCUT2D eigenvalue weighted by atomic mass is 32.2. The van der Waals surface area contributed by atoms with Crippen LogP contribution in [0.1, 0.15) is 41.4 Å². The van der Waals surface area contributed by atoms with Crippen molar-refractivity contribution < 1.29 is 69.5 Å². The van der Waals surface area contributed by atoms with Gasteiger partial charge in [-0.15, -0.1) is 0 Å². The Morgan fingerprint density at radius 1 is 0.566 bits per heavy atom. The zero-order valence-electron chi connectivity index (χ0n) is 27.6. The SMILES string of the molecule is O=C(O)c1ccc2ccccc2c1C(=O)N[C@@H]1[C@@H](O)[C@@H](CO)O[C@@H](S[C@@H]2O[C@H](CO)[C@H](O)[C@@H](NC(=O)c3c(C(=O)O)ccc4ccccc34)[C@H]2O)[C@@H]1O. The average molecular weight is 753 g/mol. The zero-order chi connectivity index (χ0) is 38.1. The number of carbonyl (C=O) groups excluding carboxylic acids is 2. The monoisotopic (exact) mass is 752 g/mol. The molecule has 2 aliphatic rings. The van der Waals surface area contributed by atoms with Gasteiger partial charge in [0.05, 0.1) is 47.6 Å². The first-order valence-electron chi connectivity index (χ1n) is 16.4. The number of aliphatic hydroxyl groups excluding tert-OH is 6. The molecule has 0 spiro atoms. The van der Waals surface area contributed by atoms with Crippen LogP contribution in [-0.4, -0.2) is 137 Å². The van der Waals surface area contributed by atoms with Gasteiger partial charge >= 0.3 is 11.9 Å². The molecule has 0 bridgehead atoms. The van der Waals surface area contributed by atoms with Gasteiger partial charge in [-0.05, 0) is 33.7 Å². The Balaban J connectivity index is 1.26. The van der Waals surface area contributed by atoms with Crippen LogP contribution in [0.3, 0.4) is 0 Å². The number of hydrogen-bond donors (Lipinski definition) is 10. The van der Waals surface area contributed by atoms with Gasteiger partial charge in [-0.25, -0.2) is 9.59 Å². The van der Waals surface area contributed by atoms with Crippen LogP contribution < -0.4 is 10.6 Å². The van der Waals surface area contributed by atoms with Crippen molar-refractivity contribution in [3.05, 3.63) is 95.1 Å². The Kier molecular flexibility index (Phi) is 11.3. The number of ether oxygens (including phenoxy) is 2. The standard InChI is InChI=1S/C36H36N2O14S/c39-13-21-27(41)25(37-31(45)23-17-7-3-1-5-15(17)9-11-19(23)33(47)48)29(43)35(51-21)53-36-30(44)26(28(42)22(14-40)52-36)38-32(46)24-18-8-4-2-6-16(18)10-12-20(24)34(49)50/h1-12,21-22,25-30,35-36,39-44H,13-14H2,(H,37,45)(H,38,46)(H,47,48)(H,49,50)/t21-,22-,25-,26-,27+,28+,29-,30-,35+,36+/m1/s1. The van der Waals surface area contributed by atoms with Crippen molar-refractivity contribution in [1.29, 1.82) is 0 Å². The molecule has 53 heavy (non-hydrogen) atoms. The van der Waals surface area contributed by atoms with E-state index >= 15 is 0 Å². The van der Waals surface area contributed by atoms with Crippen molar-refractivity contribution in [2.24, 2.45) is 0 Å². The number of aliphatic hydroxyl groups is 6. The fourth-order valence-corrected chi connectivity index (χ4v) is 8.05. The molecule has 10 N–H and O–H groups in total. The summed E-state index contributed by atoms with van der Waals surface area (Å²) >= 11 is 0.595. The van der Waals surface area contributed by atoms with E-state index in [-0.39, 0.29) is 33.0 Å². The lowest BCUT2D eigenvalue weighted by Crippen LogP contribution is -2.66. The largest absolute Gasteiger partial charge is 0.478 e. The summed E-state index contributed by atoms with van der Waals surface area (Å²) in [6.07, 6.45) is -9.82. The highest BCUT2D eigenvalue weighted by molar-refractivity contribution is 8.00. The van der Waals surface area contributed by atoms with Crippen LogP contribution in [0.15, 0.2) is 72.8 Å². The Morgan fingerprint density at radius 3 is 1.30 bits per heavy atom. The molecule has 4 aromatic carbocycles. The van der Waals surface area contributed by atoms with Crippen LogP contribution in [0.5, 0.6) is 0 Å². The third-order valence-corrected chi connectivity index (χ3v) is 10.7. The number of fused-ring (bicyclic) bond motifs is 2. The van der Waals surface area contributed by atoms with E-state index in [1.165, 1.54) is 36.4 Å². The lowest BCUT2D eigenvalue weighted by Gasteiger charge is -2.46. The Hall–Kier alpha value is -4.69. The first-order chi connectivity index (χ1) is 25.4. The topological polar surface area (TPSA) is 273 Å². The molecule has 2 aliphatic heterocycles. The lowest BCUT2D eigenvalue weighted by molar-refractivity contribution is -0.175. The van der Waals surface area contributed by atoms with Crippen LogP contribution in [0, 0.1) is 0 Å². The summed E-state index contributed by atoms with van der Waals surface area (Å²) in [5, 5.41) is 91.4. The number of hydrogen-bond acceptors (Lipinski definition) is 13. The number of amides is 2. The van der Waals surface area contributed by atoms with Crippen molar-refractivity contribution in [3.8, 4) is 0 Å². The molecule has 2 heterocycles. The van der Waals surface area contributed by atoms with Crippen LogP contribution >= 0.6 is 11.8 Å². The first kappa shape index (κ1) is 38.0. The van der Waals surface area contributed by atoms with Gasteiger partial charge in [0.15, 0.2) is 0 Å². The second-order valence-electron chi connectivity index (χ2n) is 12.6. The molecule has 0 aliphatic carbocycles. The minimum absolute atomic E-state index is 0.243. The quantitative estimate of drug-likeness (QED) is 0.101. The Morgan fingerprint density at radius 2 is 0.943 bits per heavy atom. The molecule has 0 unspecified atom stereocenters. The molecule has 10 atom stereocenters. The van der Waals surface area contributed by atoms with Crippen LogP contribution in [0.4, 0.5) is 0 Å². The molecule has 2 saturated heterocycles. The van der Waals surface area contributed by atoms with Gasteiger partial charge in [-0.2, -0.15) is 0 Å². The molecule has 0 radical (unpaired) electrons. The van der Waals surface area contributed by atoms with Gasteiger partial charge in [-0.3, -0.25) is 9.59 Å². The van der Waals surface area contributed by atoms with E-state index in [9.17, 15) is 60.0 Å². The molecule has 2 fully saturated rings. The third kappa shape index (κ3) is 7.30. The Bertz CT molecular complexity index is 1900. The fourth-order valence-electron chi connectivity index (χ4n) is 6.71. The molecule has 280 valence electrons. The van der Waals surface area contributed by atoms with Gasteiger partial charge < -0.3 is 61.0 Å². The van der Waals surface area contributed by atoms with Gasteiger partial charge in [-0.1, -0.05) is 72.4 Å². The van der Waals surface area contributed by atoms with E-state index < -0.39 is 96.5 Å². The minimum atomic E-state index is -1.79. The lowest BCUT2D eigenvalue weighted by atomic mass is 9.94. The van der Waals surface area contributed by atoms with E-state index in [0.717, 1.165) is 0 Å².